The highest BCUT2D eigenvalue weighted by Gasteiger charge is 2.69. The van der Waals surface area contributed by atoms with E-state index in [1.54, 1.807) is 0 Å². The molecular formula is C23H29NO3. The largest absolute Gasteiger partial charge is 0.388 e. The van der Waals surface area contributed by atoms with Gasteiger partial charge in [0, 0.05) is 29.0 Å². The molecule has 5 rings (SSSR count). The van der Waals surface area contributed by atoms with Gasteiger partial charge in [0.05, 0.1) is 11.3 Å². The van der Waals surface area contributed by atoms with Crippen LogP contribution >= 0.6 is 0 Å². The van der Waals surface area contributed by atoms with Crippen LogP contribution in [0, 0.1) is 22.2 Å². The molecule has 0 amide bonds. The van der Waals surface area contributed by atoms with Gasteiger partial charge < -0.3 is 10.1 Å². The number of ketones is 2. The first-order chi connectivity index (χ1) is 12.6. The van der Waals surface area contributed by atoms with Crippen molar-refractivity contribution in [1.29, 1.82) is 0 Å². The van der Waals surface area contributed by atoms with Crippen LogP contribution in [0.1, 0.15) is 81.4 Å². The zero-order valence-corrected chi connectivity index (χ0v) is 16.7. The molecule has 2 N–H and O–H groups in total. The van der Waals surface area contributed by atoms with E-state index in [0.717, 1.165) is 42.4 Å². The van der Waals surface area contributed by atoms with E-state index in [2.05, 4.69) is 32.7 Å². The number of aromatic amines is 1. The van der Waals surface area contributed by atoms with Crippen molar-refractivity contribution < 1.29 is 14.7 Å². The lowest BCUT2D eigenvalue weighted by atomic mass is 9.38. The Morgan fingerprint density at radius 1 is 1.11 bits per heavy atom. The number of allylic oxidation sites excluding steroid dienone is 1. The molecule has 4 aliphatic carbocycles. The number of rotatable bonds is 0. The zero-order valence-electron chi connectivity index (χ0n) is 16.7. The summed E-state index contributed by atoms with van der Waals surface area (Å²) >= 11 is 0. The number of Topliss-reactive ketones (excluding diaryl/α,β-unsaturated/α-hetero) is 1. The first-order valence-corrected chi connectivity index (χ1v) is 10.3. The van der Waals surface area contributed by atoms with E-state index < -0.39 is 22.6 Å². The van der Waals surface area contributed by atoms with E-state index in [4.69, 9.17) is 0 Å². The van der Waals surface area contributed by atoms with Gasteiger partial charge in [-0.1, -0.05) is 34.1 Å². The quantitative estimate of drug-likeness (QED) is 0.679. The molecular weight excluding hydrogens is 338 g/mol. The zero-order chi connectivity index (χ0) is 19.4. The van der Waals surface area contributed by atoms with Gasteiger partial charge >= 0.3 is 0 Å². The van der Waals surface area contributed by atoms with E-state index in [9.17, 15) is 14.7 Å². The summed E-state index contributed by atoms with van der Waals surface area (Å²) in [6, 6.07) is 0. The second kappa shape index (κ2) is 4.83. The average Bonchev–Trinajstić information content (AvgIpc) is 2.99. The van der Waals surface area contributed by atoms with E-state index >= 15 is 0 Å². The predicted octanol–water partition coefficient (Wildman–Crippen LogP) is 4.08. The number of fused-ring (bicyclic) bond motifs is 4. The summed E-state index contributed by atoms with van der Waals surface area (Å²) in [7, 11) is 0. The molecule has 0 unspecified atom stereocenters. The Labute approximate surface area is 160 Å². The van der Waals surface area contributed by atoms with E-state index in [1.165, 1.54) is 12.5 Å². The predicted molar refractivity (Wildman–Crippen MR) is 103 cm³/mol. The van der Waals surface area contributed by atoms with E-state index in [1.807, 2.05) is 6.20 Å². The van der Waals surface area contributed by atoms with Crippen molar-refractivity contribution in [2.45, 2.75) is 71.8 Å². The average molecular weight is 367 g/mol. The third kappa shape index (κ3) is 1.79. The molecule has 0 spiro atoms. The Kier molecular flexibility index (Phi) is 3.12. The van der Waals surface area contributed by atoms with Gasteiger partial charge in [-0.15, -0.1) is 0 Å². The number of aromatic nitrogens is 1. The normalized spacial score (nSPS) is 42.1. The SMILES string of the molecule is CC1(C)CCC[C@@]2(C)[C@H]1CC[C@@]1(C)C3=CC(=O)C(=O)c4[nH]cc(c43)C[C@@]12O. The Morgan fingerprint density at radius 2 is 1.85 bits per heavy atom. The number of H-pyrrole nitrogens is 1. The molecule has 0 radical (unpaired) electrons. The van der Waals surface area contributed by atoms with Gasteiger partial charge in [0.25, 0.3) is 0 Å². The monoisotopic (exact) mass is 367 g/mol. The van der Waals surface area contributed by atoms with Crippen molar-refractivity contribution in [3.8, 4) is 0 Å². The Hall–Kier alpha value is -1.68. The van der Waals surface area contributed by atoms with Crippen molar-refractivity contribution in [2.24, 2.45) is 22.2 Å². The van der Waals surface area contributed by atoms with E-state index in [-0.39, 0.29) is 10.8 Å². The molecule has 0 aliphatic heterocycles. The summed E-state index contributed by atoms with van der Waals surface area (Å²) in [5, 5.41) is 12.4. The minimum absolute atomic E-state index is 0.206. The smallest absolute Gasteiger partial charge is 0.249 e. The number of nitrogens with one attached hydrogen (secondary N) is 1. The van der Waals surface area contributed by atoms with Gasteiger partial charge in [-0.25, -0.2) is 0 Å². The summed E-state index contributed by atoms with van der Waals surface area (Å²) < 4.78 is 0. The maximum Gasteiger partial charge on any atom is 0.249 e. The third-order valence-corrected chi connectivity index (χ3v) is 9.02. The molecule has 1 aromatic rings. The van der Waals surface area contributed by atoms with Gasteiger partial charge in [-0.3, -0.25) is 9.59 Å². The van der Waals surface area contributed by atoms with Crippen LogP contribution in [-0.4, -0.2) is 27.3 Å². The second-order valence-electron chi connectivity index (χ2n) is 10.5. The Bertz CT molecular complexity index is 922. The molecule has 4 heteroatoms. The van der Waals surface area contributed by atoms with Crippen LogP contribution in [0.4, 0.5) is 0 Å². The van der Waals surface area contributed by atoms with Gasteiger partial charge in [-0.05, 0) is 54.2 Å². The van der Waals surface area contributed by atoms with Crippen molar-refractivity contribution in [3.05, 3.63) is 29.1 Å². The third-order valence-electron chi connectivity index (χ3n) is 9.02. The highest BCUT2D eigenvalue weighted by molar-refractivity contribution is 6.50. The summed E-state index contributed by atoms with van der Waals surface area (Å²) in [5.74, 6) is -0.460. The van der Waals surface area contributed by atoms with Gasteiger partial charge in [0.2, 0.25) is 11.6 Å². The number of carbonyl (C=O) groups is 2. The molecule has 1 heterocycles. The number of hydrogen-bond acceptors (Lipinski definition) is 3. The van der Waals surface area contributed by atoms with Crippen molar-refractivity contribution in [1.82, 2.24) is 4.98 Å². The first-order valence-electron chi connectivity index (χ1n) is 10.3. The van der Waals surface area contributed by atoms with Crippen LogP contribution < -0.4 is 0 Å². The summed E-state index contributed by atoms with van der Waals surface area (Å²) in [5.41, 5.74) is 1.77. The maximum absolute atomic E-state index is 12.4. The molecule has 0 aromatic carbocycles. The number of hydrogen-bond donors (Lipinski definition) is 2. The van der Waals surface area contributed by atoms with Gasteiger partial charge in [0.1, 0.15) is 0 Å². The fourth-order valence-electron chi connectivity index (χ4n) is 7.54. The lowest BCUT2D eigenvalue weighted by Crippen LogP contribution is -2.69. The van der Waals surface area contributed by atoms with Crippen molar-refractivity contribution >= 4 is 17.1 Å². The number of carbonyl (C=O) groups excluding carboxylic acids is 2. The number of aliphatic hydroxyl groups is 1. The van der Waals surface area contributed by atoms with Crippen LogP contribution in [0.5, 0.6) is 0 Å². The molecule has 2 saturated carbocycles. The molecule has 0 bridgehead atoms. The highest BCUT2D eigenvalue weighted by Crippen LogP contribution is 2.71. The van der Waals surface area contributed by atoms with Gasteiger partial charge in [0.15, 0.2) is 0 Å². The van der Waals surface area contributed by atoms with Crippen LogP contribution in [0.25, 0.3) is 5.57 Å². The summed E-state index contributed by atoms with van der Waals surface area (Å²) in [6.07, 6.45) is 9.17. The lowest BCUT2D eigenvalue weighted by Gasteiger charge is -2.68. The van der Waals surface area contributed by atoms with Crippen LogP contribution in [-0.2, 0) is 11.2 Å². The highest BCUT2D eigenvalue weighted by atomic mass is 16.3. The molecule has 2 fully saturated rings. The van der Waals surface area contributed by atoms with Gasteiger partial charge in [-0.2, -0.15) is 0 Å². The van der Waals surface area contributed by atoms with E-state index in [0.29, 0.717) is 18.0 Å². The standard InChI is InChI=1S/C23H29NO3/c1-20(2)7-5-8-22(4)16(20)6-9-21(3)14-10-15(25)19(26)18-17(14)13(12-24-18)11-23(21,22)27/h10,12,16,24,27H,5-9,11H2,1-4H3/t16-,21-,22-,23+/m0/s1. The maximum atomic E-state index is 12.4. The van der Waals surface area contributed by atoms with Crippen LogP contribution in [0.3, 0.4) is 0 Å². The minimum Gasteiger partial charge on any atom is -0.388 e. The molecule has 0 saturated heterocycles. The van der Waals surface area contributed by atoms with Crippen molar-refractivity contribution in [2.75, 3.05) is 0 Å². The van der Waals surface area contributed by atoms with Crippen LogP contribution in [0.2, 0.25) is 0 Å². The Morgan fingerprint density at radius 3 is 2.59 bits per heavy atom. The molecule has 1 aromatic heterocycles. The fraction of sp³-hybridized carbons (Fsp3) is 0.652. The topological polar surface area (TPSA) is 70.2 Å². The van der Waals surface area contributed by atoms with Crippen molar-refractivity contribution in [3.63, 3.8) is 0 Å². The fourth-order valence-corrected chi connectivity index (χ4v) is 7.54. The molecule has 4 nitrogen and oxygen atoms in total. The minimum atomic E-state index is -0.917. The van der Waals surface area contributed by atoms with Crippen LogP contribution in [0.15, 0.2) is 12.3 Å². The first kappa shape index (κ1) is 17.4. The summed E-state index contributed by atoms with van der Waals surface area (Å²) in [4.78, 5) is 27.8. The second-order valence-corrected chi connectivity index (χ2v) is 10.5. The molecule has 4 aliphatic rings. The molecule has 27 heavy (non-hydrogen) atoms. The summed E-state index contributed by atoms with van der Waals surface area (Å²) in [6.45, 7) is 9.12. The molecule has 144 valence electrons. The lowest BCUT2D eigenvalue weighted by molar-refractivity contribution is -0.229. The molecule has 4 atom stereocenters. The Balaban J connectivity index is 1.76.